The molecule has 0 saturated heterocycles. The maximum atomic E-state index is 12.9. The fourth-order valence-electron chi connectivity index (χ4n) is 2.58. The maximum Gasteiger partial charge on any atom is 0.270 e. The van der Waals surface area contributed by atoms with E-state index < -0.39 is 0 Å². The Morgan fingerprint density at radius 1 is 0.963 bits per heavy atom. The molecule has 138 valence electrons. The number of carbonyl (C=O) groups is 1. The van der Waals surface area contributed by atoms with Crippen LogP contribution in [-0.4, -0.2) is 22.4 Å². The summed E-state index contributed by atoms with van der Waals surface area (Å²) in [5, 5.41) is 5.92. The number of amides is 1. The number of aromatic nitrogens is 2. The van der Waals surface area contributed by atoms with Crippen LogP contribution in [0.3, 0.4) is 0 Å². The lowest BCUT2D eigenvalue weighted by atomic mass is 10.1. The summed E-state index contributed by atoms with van der Waals surface area (Å²) in [5.74, 6) is -0.146. The van der Waals surface area contributed by atoms with Gasteiger partial charge in [0.2, 0.25) is 5.95 Å². The van der Waals surface area contributed by atoms with Crippen molar-refractivity contribution in [1.29, 1.82) is 0 Å². The zero-order chi connectivity index (χ0) is 18.9. The van der Waals surface area contributed by atoms with Crippen molar-refractivity contribution >= 4 is 11.9 Å². The summed E-state index contributed by atoms with van der Waals surface area (Å²) in [6.07, 6.45) is 3.31. The van der Waals surface area contributed by atoms with Gasteiger partial charge >= 0.3 is 0 Å². The van der Waals surface area contributed by atoms with Gasteiger partial charge in [0.1, 0.15) is 11.5 Å². The van der Waals surface area contributed by atoms with Gasteiger partial charge < -0.3 is 10.6 Å². The van der Waals surface area contributed by atoms with Gasteiger partial charge in [0.05, 0.1) is 0 Å². The Bertz CT molecular complexity index is 869. The number of aryl methyl sites for hydroxylation is 1. The van der Waals surface area contributed by atoms with Gasteiger partial charge in [-0.3, -0.25) is 4.79 Å². The summed E-state index contributed by atoms with van der Waals surface area (Å²) in [6.45, 7) is 1.03. The van der Waals surface area contributed by atoms with Gasteiger partial charge in [-0.05, 0) is 42.2 Å². The maximum absolute atomic E-state index is 12.9. The molecule has 3 rings (SSSR count). The Labute approximate surface area is 157 Å². The van der Waals surface area contributed by atoms with Crippen molar-refractivity contribution in [3.63, 3.8) is 0 Å². The highest BCUT2D eigenvalue weighted by Crippen LogP contribution is 2.07. The molecule has 27 heavy (non-hydrogen) atoms. The topological polar surface area (TPSA) is 66.9 Å². The first-order chi connectivity index (χ1) is 13.2. The molecule has 0 saturated carbocycles. The summed E-state index contributed by atoms with van der Waals surface area (Å²) in [4.78, 5) is 20.6. The molecule has 0 radical (unpaired) electrons. The summed E-state index contributed by atoms with van der Waals surface area (Å²) < 4.78 is 12.9. The van der Waals surface area contributed by atoms with Gasteiger partial charge in [0, 0.05) is 19.3 Å². The molecule has 0 aliphatic rings. The minimum absolute atomic E-state index is 0.227. The van der Waals surface area contributed by atoms with Gasteiger partial charge in [0.15, 0.2) is 0 Å². The van der Waals surface area contributed by atoms with Crippen LogP contribution in [0.1, 0.15) is 28.0 Å². The quantitative estimate of drug-likeness (QED) is 0.600. The van der Waals surface area contributed by atoms with E-state index >= 15 is 0 Å². The Kier molecular flexibility index (Phi) is 6.46. The Morgan fingerprint density at radius 3 is 2.52 bits per heavy atom. The van der Waals surface area contributed by atoms with Crippen LogP contribution in [0.4, 0.5) is 10.3 Å². The molecule has 5 nitrogen and oxygen atoms in total. The zero-order valence-corrected chi connectivity index (χ0v) is 14.9. The van der Waals surface area contributed by atoms with E-state index in [0.717, 1.165) is 18.4 Å². The first-order valence-corrected chi connectivity index (χ1v) is 8.84. The predicted octanol–water partition coefficient (Wildman–Crippen LogP) is 3.59. The number of nitrogens with zero attached hydrogens (tertiary/aromatic N) is 2. The van der Waals surface area contributed by atoms with Gasteiger partial charge in [-0.15, -0.1) is 0 Å². The normalized spacial score (nSPS) is 10.4. The van der Waals surface area contributed by atoms with E-state index in [2.05, 4.69) is 32.7 Å². The van der Waals surface area contributed by atoms with Crippen LogP contribution in [0.15, 0.2) is 66.9 Å². The highest BCUT2D eigenvalue weighted by atomic mass is 19.1. The SMILES string of the molecule is O=C(NCCCc1ccccc1)c1ccnc(NCc2ccc(F)cc2)n1. The molecule has 0 aliphatic carbocycles. The smallest absolute Gasteiger partial charge is 0.270 e. The van der Waals surface area contributed by atoms with Gasteiger partial charge in [-0.25, -0.2) is 14.4 Å². The minimum atomic E-state index is -0.277. The minimum Gasteiger partial charge on any atom is -0.351 e. The molecule has 3 aromatic rings. The number of anilines is 1. The zero-order valence-electron chi connectivity index (χ0n) is 14.9. The van der Waals surface area contributed by atoms with E-state index in [9.17, 15) is 9.18 Å². The average Bonchev–Trinajstić information content (AvgIpc) is 2.71. The van der Waals surface area contributed by atoms with E-state index in [4.69, 9.17) is 0 Å². The number of benzene rings is 2. The lowest BCUT2D eigenvalue weighted by Gasteiger charge is -2.08. The monoisotopic (exact) mass is 364 g/mol. The van der Waals surface area contributed by atoms with Crippen molar-refractivity contribution in [2.24, 2.45) is 0 Å². The molecule has 1 amide bonds. The second-order valence-electron chi connectivity index (χ2n) is 6.09. The highest BCUT2D eigenvalue weighted by molar-refractivity contribution is 5.92. The van der Waals surface area contributed by atoms with E-state index in [1.54, 1.807) is 24.4 Å². The lowest BCUT2D eigenvalue weighted by Crippen LogP contribution is -2.26. The summed E-state index contributed by atoms with van der Waals surface area (Å²) in [5.41, 5.74) is 2.46. The van der Waals surface area contributed by atoms with Crippen LogP contribution in [0.5, 0.6) is 0 Å². The van der Waals surface area contributed by atoms with Crippen LogP contribution in [0, 0.1) is 5.82 Å². The first-order valence-electron chi connectivity index (χ1n) is 8.84. The Morgan fingerprint density at radius 2 is 1.74 bits per heavy atom. The van der Waals surface area contributed by atoms with E-state index in [-0.39, 0.29) is 11.7 Å². The molecule has 6 heteroatoms. The number of hydrogen-bond acceptors (Lipinski definition) is 4. The number of nitrogens with one attached hydrogen (secondary N) is 2. The van der Waals surface area contributed by atoms with Crippen LogP contribution in [0.2, 0.25) is 0 Å². The molecule has 0 atom stereocenters. The largest absolute Gasteiger partial charge is 0.351 e. The molecule has 0 fully saturated rings. The van der Waals surface area contributed by atoms with Crippen LogP contribution >= 0.6 is 0 Å². The van der Waals surface area contributed by atoms with E-state index in [0.29, 0.717) is 24.7 Å². The van der Waals surface area contributed by atoms with Crippen molar-refractivity contribution in [1.82, 2.24) is 15.3 Å². The van der Waals surface area contributed by atoms with Crippen molar-refractivity contribution < 1.29 is 9.18 Å². The van der Waals surface area contributed by atoms with Gasteiger partial charge in [-0.1, -0.05) is 42.5 Å². The Hall–Kier alpha value is -3.28. The lowest BCUT2D eigenvalue weighted by molar-refractivity contribution is 0.0948. The first kappa shape index (κ1) is 18.5. The number of carbonyl (C=O) groups excluding carboxylic acids is 1. The number of hydrogen-bond donors (Lipinski definition) is 2. The third-order valence-electron chi connectivity index (χ3n) is 4.02. The van der Waals surface area contributed by atoms with Crippen molar-refractivity contribution in [2.45, 2.75) is 19.4 Å². The molecule has 1 heterocycles. The Balaban J connectivity index is 1.47. The fraction of sp³-hybridized carbons (Fsp3) is 0.190. The second-order valence-corrected chi connectivity index (χ2v) is 6.09. The average molecular weight is 364 g/mol. The van der Waals surface area contributed by atoms with Crippen LogP contribution in [0.25, 0.3) is 0 Å². The highest BCUT2D eigenvalue weighted by Gasteiger charge is 2.08. The van der Waals surface area contributed by atoms with Crippen LogP contribution < -0.4 is 10.6 Å². The molecule has 0 spiro atoms. The van der Waals surface area contributed by atoms with Crippen molar-refractivity contribution in [3.8, 4) is 0 Å². The second kappa shape index (κ2) is 9.43. The predicted molar refractivity (Wildman–Crippen MR) is 103 cm³/mol. The molecule has 0 bridgehead atoms. The van der Waals surface area contributed by atoms with E-state index in [1.807, 2.05) is 18.2 Å². The van der Waals surface area contributed by atoms with Gasteiger partial charge in [0.25, 0.3) is 5.91 Å². The standard InChI is InChI=1S/C21H21FN4O/c22-18-10-8-17(9-11-18)15-25-21-24-14-12-19(26-21)20(27)23-13-4-7-16-5-2-1-3-6-16/h1-3,5-6,8-12,14H,4,7,13,15H2,(H,23,27)(H,24,25,26). The van der Waals surface area contributed by atoms with Crippen molar-refractivity contribution in [2.75, 3.05) is 11.9 Å². The summed E-state index contributed by atoms with van der Waals surface area (Å²) >= 11 is 0. The van der Waals surface area contributed by atoms with Crippen LogP contribution in [-0.2, 0) is 13.0 Å². The third kappa shape index (κ3) is 5.88. The number of rotatable bonds is 8. The summed E-state index contributed by atoms with van der Waals surface area (Å²) in [7, 11) is 0. The van der Waals surface area contributed by atoms with Crippen molar-refractivity contribution in [3.05, 3.63) is 89.5 Å². The van der Waals surface area contributed by atoms with E-state index in [1.165, 1.54) is 17.7 Å². The van der Waals surface area contributed by atoms with Gasteiger partial charge in [-0.2, -0.15) is 0 Å². The third-order valence-corrected chi connectivity index (χ3v) is 4.02. The molecule has 0 aliphatic heterocycles. The fourth-order valence-corrected chi connectivity index (χ4v) is 2.58. The molecule has 0 unspecified atom stereocenters. The molecular formula is C21H21FN4O. The summed E-state index contributed by atoms with van der Waals surface area (Å²) in [6, 6.07) is 17.9. The number of halogens is 1. The molecule has 2 N–H and O–H groups in total. The molecule has 1 aromatic heterocycles. The molecule has 2 aromatic carbocycles. The molecular weight excluding hydrogens is 343 g/mol.